The number of nitrogens with zero attached hydrogens (tertiary/aromatic N) is 3. The number of nitrogens with two attached hydrogens (primary N) is 1. The Morgan fingerprint density at radius 1 is 1.29 bits per heavy atom. The van der Waals surface area contributed by atoms with Gasteiger partial charge in [-0.25, -0.2) is 4.68 Å². The fourth-order valence-electron chi connectivity index (χ4n) is 4.09. The van der Waals surface area contributed by atoms with Gasteiger partial charge < -0.3 is 20.9 Å². The fourth-order valence-corrected chi connectivity index (χ4v) is 4.09. The zero-order chi connectivity index (χ0) is 25.2. The van der Waals surface area contributed by atoms with E-state index in [2.05, 4.69) is 15.6 Å². The van der Waals surface area contributed by atoms with Crippen LogP contribution in [0.4, 0.5) is 0 Å². The minimum absolute atomic E-state index is 0. The van der Waals surface area contributed by atoms with Gasteiger partial charge in [-0.15, -0.1) is 5.10 Å². The van der Waals surface area contributed by atoms with Crippen molar-refractivity contribution in [2.75, 3.05) is 7.05 Å². The number of aliphatic hydroxyl groups is 1. The van der Waals surface area contributed by atoms with Crippen LogP contribution in [0.2, 0.25) is 0 Å². The van der Waals surface area contributed by atoms with Crippen LogP contribution in [0, 0.1) is 11.3 Å². The third kappa shape index (κ3) is 11.1. The zero-order valence-corrected chi connectivity index (χ0v) is 21.5. The van der Waals surface area contributed by atoms with Crippen molar-refractivity contribution in [1.82, 2.24) is 20.3 Å². The van der Waals surface area contributed by atoms with Crippen LogP contribution in [0.3, 0.4) is 0 Å². The summed E-state index contributed by atoms with van der Waals surface area (Å²) in [4.78, 5) is 22.8. The minimum Gasteiger partial charge on any atom is -0.393 e. The molecule has 1 amide bonds. The Balaban J connectivity index is 0.000000776. The van der Waals surface area contributed by atoms with E-state index in [4.69, 9.17) is 10.5 Å². The standard InChI is InChI=1S/C16H28N4O2.C8H17NO2.CH4/c1-11(21)15(16(2,3)4)20-9-13(18-19-20)10-22-14-7-5-12(17)6-8-14;1-4-7(10)5-6(2)8(11)9-3;/h9,12,14-15H,5-8,10,17H2,1-4H3;6-7,10H,4-5H2,1-3H3,(H,9,11);1H4/t12?,14?,15-;6-,7-;/m10./s1. The molecule has 0 unspecified atom stereocenters. The second kappa shape index (κ2) is 15.2. The monoisotopic (exact) mass is 483 g/mol. The molecule has 4 N–H and O–H groups in total. The van der Waals surface area contributed by atoms with Gasteiger partial charge in [0, 0.05) is 19.0 Å². The van der Waals surface area contributed by atoms with Crippen molar-refractivity contribution >= 4 is 11.7 Å². The summed E-state index contributed by atoms with van der Waals surface area (Å²) in [5.74, 6) is -0.00131. The molecule has 0 aliphatic heterocycles. The van der Waals surface area contributed by atoms with Gasteiger partial charge in [0.15, 0.2) is 5.78 Å². The number of nitrogens with one attached hydrogen (secondary N) is 1. The van der Waals surface area contributed by atoms with Gasteiger partial charge in [0.25, 0.3) is 0 Å². The summed E-state index contributed by atoms with van der Waals surface area (Å²) in [7, 11) is 1.61. The molecule has 0 radical (unpaired) electrons. The van der Waals surface area contributed by atoms with Gasteiger partial charge >= 0.3 is 0 Å². The summed E-state index contributed by atoms with van der Waals surface area (Å²) >= 11 is 0. The van der Waals surface area contributed by atoms with Crippen LogP contribution in [0.1, 0.15) is 99.2 Å². The normalized spacial score (nSPS) is 20.7. The van der Waals surface area contributed by atoms with Gasteiger partial charge in [0.1, 0.15) is 11.7 Å². The number of amides is 1. The number of hydrogen-bond donors (Lipinski definition) is 3. The lowest BCUT2D eigenvalue weighted by Crippen LogP contribution is -2.30. The summed E-state index contributed by atoms with van der Waals surface area (Å²) in [6.07, 6.45) is 7.06. The first-order valence-electron chi connectivity index (χ1n) is 12.1. The molecule has 9 heteroatoms. The number of aromatic nitrogens is 3. The molecule has 0 saturated heterocycles. The zero-order valence-electron chi connectivity index (χ0n) is 21.5. The predicted octanol–water partition coefficient (Wildman–Crippen LogP) is 3.41. The predicted molar refractivity (Wildman–Crippen MR) is 135 cm³/mol. The molecular weight excluding hydrogens is 434 g/mol. The van der Waals surface area contributed by atoms with Crippen molar-refractivity contribution in [2.45, 2.75) is 118 Å². The van der Waals surface area contributed by atoms with E-state index in [1.807, 2.05) is 40.8 Å². The molecule has 1 aromatic rings. The van der Waals surface area contributed by atoms with Gasteiger partial charge in [-0.3, -0.25) is 9.59 Å². The van der Waals surface area contributed by atoms with Gasteiger partial charge in [0.2, 0.25) is 5.91 Å². The number of aliphatic hydroxyl groups excluding tert-OH is 1. The summed E-state index contributed by atoms with van der Waals surface area (Å²) in [6, 6.07) is 0.0188. The van der Waals surface area contributed by atoms with E-state index in [1.165, 1.54) is 0 Å². The second-order valence-corrected chi connectivity index (χ2v) is 10.2. The van der Waals surface area contributed by atoms with E-state index in [-0.39, 0.29) is 48.7 Å². The number of carbonyl (C=O) groups excluding carboxylic acids is 2. The van der Waals surface area contributed by atoms with Gasteiger partial charge in [-0.2, -0.15) is 0 Å². The van der Waals surface area contributed by atoms with Gasteiger partial charge in [0.05, 0.1) is 25.0 Å². The van der Waals surface area contributed by atoms with Crippen molar-refractivity contribution in [3.05, 3.63) is 11.9 Å². The van der Waals surface area contributed by atoms with Crippen LogP contribution in [-0.2, 0) is 20.9 Å². The highest BCUT2D eigenvalue weighted by Crippen LogP contribution is 2.30. The topological polar surface area (TPSA) is 132 Å². The van der Waals surface area contributed by atoms with Crippen molar-refractivity contribution in [3.8, 4) is 0 Å². The summed E-state index contributed by atoms with van der Waals surface area (Å²) in [5.41, 5.74) is 6.47. The Labute approximate surface area is 206 Å². The van der Waals surface area contributed by atoms with Crippen LogP contribution in [0.15, 0.2) is 6.20 Å². The Morgan fingerprint density at radius 3 is 2.35 bits per heavy atom. The quantitative estimate of drug-likeness (QED) is 0.490. The molecule has 1 fully saturated rings. The smallest absolute Gasteiger partial charge is 0.222 e. The third-order valence-corrected chi connectivity index (χ3v) is 6.00. The van der Waals surface area contributed by atoms with Crippen molar-refractivity contribution in [3.63, 3.8) is 0 Å². The first kappa shape index (κ1) is 32.2. The Bertz CT molecular complexity index is 723. The Hall–Kier alpha value is -1.84. The lowest BCUT2D eigenvalue weighted by Gasteiger charge is -2.28. The highest BCUT2D eigenvalue weighted by atomic mass is 16.5. The Morgan fingerprint density at radius 2 is 1.88 bits per heavy atom. The van der Waals surface area contributed by atoms with E-state index in [9.17, 15) is 14.7 Å². The maximum atomic E-state index is 11.9. The van der Waals surface area contributed by atoms with Gasteiger partial charge in [-0.1, -0.05) is 47.3 Å². The lowest BCUT2D eigenvalue weighted by molar-refractivity contribution is -0.125. The molecule has 3 atom stereocenters. The van der Waals surface area contributed by atoms with Crippen LogP contribution in [0.5, 0.6) is 0 Å². The maximum Gasteiger partial charge on any atom is 0.222 e. The van der Waals surface area contributed by atoms with Crippen LogP contribution < -0.4 is 11.1 Å². The number of carbonyl (C=O) groups is 2. The summed E-state index contributed by atoms with van der Waals surface area (Å²) < 4.78 is 7.56. The first-order chi connectivity index (χ1) is 15.4. The number of hydrogen-bond acceptors (Lipinski definition) is 7. The van der Waals surface area contributed by atoms with Crippen molar-refractivity contribution in [2.24, 2.45) is 17.1 Å². The van der Waals surface area contributed by atoms with E-state index >= 15 is 0 Å². The molecule has 0 spiro atoms. The average Bonchev–Trinajstić information content (AvgIpc) is 3.19. The third-order valence-electron chi connectivity index (χ3n) is 6.00. The molecule has 0 aromatic carbocycles. The number of rotatable bonds is 9. The minimum atomic E-state index is -0.345. The maximum absolute atomic E-state index is 11.9. The fraction of sp³-hybridized carbons (Fsp3) is 0.840. The number of ketones is 1. The number of Topliss-reactive ketones (excluding diaryl/α,β-unsaturated/α-hetero) is 1. The van der Waals surface area contributed by atoms with E-state index in [0.717, 1.165) is 31.4 Å². The molecule has 1 heterocycles. The SMILES string of the molecule is C.CC(=O)[C@@H](n1cc(COC2CCC(N)CC2)nn1)C(C)(C)C.CC[C@H](O)C[C@H](C)C(=O)NC. The van der Waals surface area contributed by atoms with Crippen molar-refractivity contribution in [1.29, 1.82) is 0 Å². The first-order valence-corrected chi connectivity index (χ1v) is 12.1. The van der Waals surface area contributed by atoms with Crippen LogP contribution in [-0.4, -0.2) is 57.1 Å². The molecule has 2 rings (SSSR count). The highest BCUT2D eigenvalue weighted by Gasteiger charge is 2.31. The van der Waals surface area contributed by atoms with Gasteiger partial charge in [-0.05, 0) is 50.9 Å². The molecule has 198 valence electrons. The molecular formula is C25H49N5O4. The molecule has 0 bridgehead atoms. The van der Waals surface area contributed by atoms with E-state index in [1.54, 1.807) is 18.7 Å². The second-order valence-electron chi connectivity index (χ2n) is 10.2. The lowest BCUT2D eigenvalue weighted by atomic mass is 9.84. The van der Waals surface area contributed by atoms with E-state index < -0.39 is 0 Å². The molecule has 1 saturated carbocycles. The van der Waals surface area contributed by atoms with E-state index in [0.29, 0.717) is 25.5 Å². The summed E-state index contributed by atoms with van der Waals surface area (Å²) in [6.45, 7) is 11.8. The highest BCUT2D eigenvalue weighted by molar-refractivity contribution is 5.80. The molecule has 1 aromatic heterocycles. The van der Waals surface area contributed by atoms with Crippen molar-refractivity contribution < 1.29 is 19.4 Å². The van der Waals surface area contributed by atoms with Crippen LogP contribution in [0.25, 0.3) is 0 Å². The largest absolute Gasteiger partial charge is 0.393 e. The Kier molecular flexibility index (Phi) is 14.4. The molecule has 9 nitrogen and oxygen atoms in total. The average molecular weight is 484 g/mol. The number of ether oxygens (including phenoxy) is 1. The molecule has 1 aliphatic rings. The molecule has 1 aliphatic carbocycles. The molecule has 34 heavy (non-hydrogen) atoms. The summed E-state index contributed by atoms with van der Waals surface area (Å²) in [5, 5.41) is 20.0. The van der Waals surface area contributed by atoms with Crippen LogP contribution >= 0.6 is 0 Å².